The van der Waals surface area contributed by atoms with Gasteiger partial charge in [-0.1, -0.05) is 30.6 Å². The molecule has 2 aromatic rings. The molecule has 0 atom stereocenters. The van der Waals surface area contributed by atoms with Crippen molar-refractivity contribution in [3.8, 4) is 5.75 Å². The van der Waals surface area contributed by atoms with Crippen LogP contribution in [0.4, 0.5) is 10.5 Å². The maximum absolute atomic E-state index is 12.8. The van der Waals surface area contributed by atoms with Gasteiger partial charge in [0.15, 0.2) is 0 Å². The fourth-order valence-electron chi connectivity index (χ4n) is 2.73. The third-order valence-electron chi connectivity index (χ3n) is 4.39. The lowest BCUT2D eigenvalue weighted by atomic mass is 10.1. The predicted molar refractivity (Wildman–Crippen MR) is 116 cm³/mol. The van der Waals surface area contributed by atoms with Crippen molar-refractivity contribution in [2.24, 2.45) is 5.11 Å². The number of nitrogens with one attached hydrogen (secondary N) is 2. The average Bonchev–Trinajstić information content (AvgIpc) is 2.80. The third-order valence-corrected chi connectivity index (χ3v) is 4.39. The van der Waals surface area contributed by atoms with Crippen molar-refractivity contribution in [3.63, 3.8) is 0 Å². The summed E-state index contributed by atoms with van der Waals surface area (Å²) >= 11 is 0. The van der Waals surface area contributed by atoms with Crippen LogP contribution in [0.2, 0.25) is 0 Å². The monoisotopic (exact) mass is 426 g/mol. The SMILES string of the molecule is CCCCN(Cc1ccc(C(=O)NO)cc1)C(=O)Nc1ccc(OCCN=[N+]=[N-])cc1. The lowest BCUT2D eigenvalue weighted by Crippen LogP contribution is -2.35. The zero-order valence-corrected chi connectivity index (χ0v) is 17.3. The Bertz CT molecular complexity index is 895. The third kappa shape index (κ3) is 7.88. The highest BCUT2D eigenvalue weighted by atomic mass is 16.5. The Morgan fingerprint density at radius 2 is 1.87 bits per heavy atom. The molecule has 0 saturated carbocycles. The van der Waals surface area contributed by atoms with Crippen molar-refractivity contribution in [3.05, 3.63) is 70.1 Å². The van der Waals surface area contributed by atoms with Crippen LogP contribution in [0.1, 0.15) is 35.7 Å². The van der Waals surface area contributed by atoms with Gasteiger partial charge >= 0.3 is 6.03 Å². The first-order chi connectivity index (χ1) is 15.1. The predicted octanol–water partition coefficient (Wildman–Crippen LogP) is 4.33. The number of amides is 3. The summed E-state index contributed by atoms with van der Waals surface area (Å²) in [5.74, 6) is 0.0262. The fraction of sp³-hybridized carbons (Fsp3) is 0.333. The van der Waals surface area contributed by atoms with Crippen LogP contribution in [-0.4, -0.2) is 41.7 Å². The van der Waals surface area contributed by atoms with E-state index in [4.69, 9.17) is 15.5 Å². The second kappa shape index (κ2) is 12.7. The van der Waals surface area contributed by atoms with Gasteiger partial charge in [-0.2, -0.15) is 0 Å². The van der Waals surface area contributed by atoms with Crippen LogP contribution in [-0.2, 0) is 6.54 Å². The quantitative estimate of drug-likeness (QED) is 0.123. The lowest BCUT2D eigenvalue weighted by molar-refractivity contribution is 0.0706. The van der Waals surface area contributed by atoms with Gasteiger partial charge in [0.05, 0.1) is 13.2 Å². The Hall–Kier alpha value is -3.75. The van der Waals surface area contributed by atoms with Crippen molar-refractivity contribution in [1.29, 1.82) is 0 Å². The summed E-state index contributed by atoms with van der Waals surface area (Å²) in [5.41, 5.74) is 11.7. The highest BCUT2D eigenvalue weighted by Gasteiger charge is 2.14. The zero-order valence-electron chi connectivity index (χ0n) is 17.3. The Labute approximate surface area is 180 Å². The molecule has 3 amide bonds. The van der Waals surface area contributed by atoms with E-state index in [2.05, 4.69) is 22.3 Å². The number of hydrogen-bond acceptors (Lipinski definition) is 5. The lowest BCUT2D eigenvalue weighted by Gasteiger charge is -2.23. The van der Waals surface area contributed by atoms with Crippen LogP contribution >= 0.6 is 0 Å². The Balaban J connectivity index is 1.98. The van der Waals surface area contributed by atoms with Gasteiger partial charge in [0.2, 0.25) is 0 Å². The molecule has 3 N–H and O–H groups in total. The molecule has 0 aliphatic rings. The van der Waals surface area contributed by atoms with Crippen molar-refractivity contribution < 1.29 is 19.5 Å². The maximum atomic E-state index is 12.8. The molecule has 0 spiro atoms. The van der Waals surface area contributed by atoms with E-state index in [1.165, 1.54) is 0 Å². The number of azide groups is 1. The van der Waals surface area contributed by atoms with Gasteiger partial charge < -0.3 is 15.0 Å². The number of hydroxylamine groups is 1. The number of urea groups is 1. The fourth-order valence-corrected chi connectivity index (χ4v) is 2.73. The Morgan fingerprint density at radius 1 is 1.16 bits per heavy atom. The van der Waals surface area contributed by atoms with Crippen LogP contribution in [0, 0.1) is 0 Å². The van der Waals surface area contributed by atoms with Crippen LogP contribution in [0.15, 0.2) is 53.6 Å². The van der Waals surface area contributed by atoms with Gasteiger partial charge in [-0.05, 0) is 53.9 Å². The molecule has 2 rings (SSSR count). The second-order valence-corrected chi connectivity index (χ2v) is 6.67. The molecule has 0 radical (unpaired) electrons. The molecular weight excluding hydrogens is 400 g/mol. The molecule has 0 heterocycles. The molecule has 10 nitrogen and oxygen atoms in total. The summed E-state index contributed by atoms with van der Waals surface area (Å²) in [5, 5.41) is 15.0. The largest absolute Gasteiger partial charge is 0.493 e. The molecule has 2 aromatic carbocycles. The molecule has 0 aliphatic heterocycles. The summed E-state index contributed by atoms with van der Waals surface area (Å²) in [6.45, 7) is 3.54. The summed E-state index contributed by atoms with van der Waals surface area (Å²) < 4.78 is 5.45. The molecule has 31 heavy (non-hydrogen) atoms. The molecule has 0 bridgehead atoms. The molecule has 0 aromatic heterocycles. The van der Waals surface area contributed by atoms with Crippen LogP contribution in [0.25, 0.3) is 10.4 Å². The smallest absolute Gasteiger partial charge is 0.322 e. The molecule has 164 valence electrons. The molecule has 10 heteroatoms. The van der Waals surface area contributed by atoms with Gasteiger partial charge in [-0.3, -0.25) is 10.0 Å². The summed E-state index contributed by atoms with van der Waals surface area (Å²) in [7, 11) is 0. The van der Waals surface area contributed by atoms with Crippen LogP contribution < -0.4 is 15.5 Å². The Kier molecular flexibility index (Phi) is 9.67. The number of hydrogen-bond donors (Lipinski definition) is 3. The Morgan fingerprint density at radius 3 is 2.48 bits per heavy atom. The number of carbonyl (C=O) groups excluding carboxylic acids is 2. The van der Waals surface area contributed by atoms with Gasteiger partial charge in [0.25, 0.3) is 5.91 Å². The van der Waals surface area contributed by atoms with Crippen molar-refractivity contribution in [2.45, 2.75) is 26.3 Å². The van der Waals surface area contributed by atoms with Crippen molar-refractivity contribution in [2.75, 3.05) is 25.0 Å². The van der Waals surface area contributed by atoms with E-state index in [1.807, 2.05) is 0 Å². The minimum Gasteiger partial charge on any atom is -0.493 e. The number of rotatable bonds is 11. The number of benzene rings is 2. The minimum atomic E-state index is -0.586. The first-order valence-electron chi connectivity index (χ1n) is 9.90. The van der Waals surface area contributed by atoms with E-state index < -0.39 is 5.91 Å². The maximum Gasteiger partial charge on any atom is 0.322 e. The zero-order chi connectivity index (χ0) is 22.5. The van der Waals surface area contributed by atoms with E-state index >= 15 is 0 Å². The van der Waals surface area contributed by atoms with Gasteiger partial charge in [0, 0.05) is 29.3 Å². The molecule has 0 unspecified atom stereocenters. The van der Waals surface area contributed by atoms with E-state index in [0.717, 1.165) is 18.4 Å². The van der Waals surface area contributed by atoms with E-state index in [1.54, 1.807) is 58.9 Å². The highest BCUT2D eigenvalue weighted by molar-refractivity contribution is 5.93. The normalized spacial score (nSPS) is 10.0. The number of anilines is 1. The van der Waals surface area contributed by atoms with E-state index in [0.29, 0.717) is 30.1 Å². The molecule has 0 fully saturated rings. The topological polar surface area (TPSA) is 140 Å². The van der Waals surface area contributed by atoms with Gasteiger partial charge in [0.1, 0.15) is 5.75 Å². The van der Waals surface area contributed by atoms with Crippen LogP contribution in [0.3, 0.4) is 0 Å². The van der Waals surface area contributed by atoms with Gasteiger partial charge in [-0.15, -0.1) is 0 Å². The summed E-state index contributed by atoms with van der Waals surface area (Å²) in [4.78, 5) is 28.6. The van der Waals surface area contributed by atoms with Gasteiger partial charge in [-0.25, -0.2) is 10.3 Å². The second-order valence-electron chi connectivity index (χ2n) is 6.67. The first-order valence-corrected chi connectivity index (χ1v) is 9.90. The van der Waals surface area contributed by atoms with E-state index in [-0.39, 0.29) is 19.2 Å². The molecule has 0 saturated heterocycles. The van der Waals surface area contributed by atoms with Crippen LogP contribution in [0.5, 0.6) is 5.75 Å². The number of ether oxygens (including phenoxy) is 1. The molecule has 0 aliphatic carbocycles. The standard InChI is InChI=1S/C21H26N6O4/c1-2-3-13-27(15-16-4-6-17(7-5-16)20(28)25-30)21(29)24-18-8-10-19(11-9-18)31-14-12-23-26-22/h4-11,30H,2-3,12-15H2,1H3,(H,24,29)(H,25,28). The van der Waals surface area contributed by atoms with Crippen molar-refractivity contribution in [1.82, 2.24) is 10.4 Å². The number of carbonyl (C=O) groups is 2. The number of nitrogens with zero attached hydrogens (tertiary/aromatic N) is 4. The number of unbranched alkanes of at least 4 members (excludes halogenated alkanes) is 1. The minimum absolute atomic E-state index is 0.234. The average molecular weight is 426 g/mol. The first kappa shape index (κ1) is 23.5. The summed E-state index contributed by atoms with van der Waals surface area (Å²) in [6, 6.07) is 13.4. The highest BCUT2D eigenvalue weighted by Crippen LogP contribution is 2.17. The summed E-state index contributed by atoms with van der Waals surface area (Å²) in [6.07, 6.45) is 1.80. The molecular formula is C21H26N6O4. The van der Waals surface area contributed by atoms with E-state index in [9.17, 15) is 9.59 Å². The van der Waals surface area contributed by atoms with Crippen molar-refractivity contribution >= 4 is 17.6 Å².